The largest absolute Gasteiger partial charge is 0.508 e. The highest BCUT2D eigenvalue weighted by Gasteiger charge is 2.16. The lowest BCUT2D eigenvalue weighted by atomic mass is 10.1. The van der Waals surface area contributed by atoms with E-state index in [0.717, 1.165) is 31.8 Å². The Labute approximate surface area is 143 Å². The standard InChI is InChI=1S/C20H15NO2S/c22-17-9-5-4-8-14(17)12-16-20-15(10-11-21-16)18(23)19(24-20)13-6-2-1-3-7-13/h1-11,22-23H,12H2. The summed E-state index contributed by atoms with van der Waals surface area (Å²) in [5.41, 5.74) is 2.67. The number of benzene rings is 2. The number of para-hydroxylation sites is 1. The Morgan fingerprint density at radius 3 is 2.42 bits per heavy atom. The molecule has 0 aliphatic carbocycles. The van der Waals surface area contributed by atoms with Crippen LogP contribution in [0.4, 0.5) is 0 Å². The van der Waals surface area contributed by atoms with Crippen molar-refractivity contribution < 1.29 is 10.2 Å². The fourth-order valence-corrected chi connectivity index (χ4v) is 4.00. The minimum Gasteiger partial charge on any atom is -0.508 e. The third kappa shape index (κ3) is 2.51. The van der Waals surface area contributed by atoms with Crippen LogP contribution in [0.2, 0.25) is 0 Å². The van der Waals surface area contributed by atoms with E-state index >= 15 is 0 Å². The van der Waals surface area contributed by atoms with Gasteiger partial charge in [-0.3, -0.25) is 4.98 Å². The Morgan fingerprint density at radius 1 is 0.875 bits per heavy atom. The third-order valence-corrected chi connectivity index (χ3v) is 5.33. The Hall–Kier alpha value is -2.85. The van der Waals surface area contributed by atoms with Gasteiger partial charge in [-0.1, -0.05) is 48.5 Å². The van der Waals surface area contributed by atoms with Crippen LogP contribution >= 0.6 is 11.3 Å². The smallest absolute Gasteiger partial charge is 0.142 e. The van der Waals surface area contributed by atoms with Gasteiger partial charge in [0, 0.05) is 18.0 Å². The van der Waals surface area contributed by atoms with Crippen LogP contribution in [0.3, 0.4) is 0 Å². The number of rotatable bonds is 3. The lowest BCUT2D eigenvalue weighted by Gasteiger charge is -2.04. The van der Waals surface area contributed by atoms with Crippen LogP contribution in [0, 0.1) is 0 Å². The summed E-state index contributed by atoms with van der Waals surface area (Å²) >= 11 is 1.53. The second kappa shape index (κ2) is 5.98. The van der Waals surface area contributed by atoms with Gasteiger partial charge in [-0.25, -0.2) is 0 Å². The summed E-state index contributed by atoms with van der Waals surface area (Å²) in [6.45, 7) is 0. The maximum atomic E-state index is 10.6. The molecule has 0 aliphatic heterocycles. The zero-order valence-corrected chi connectivity index (χ0v) is 13.6. The van der Waals surface area contributed by atoms with Crippen LogP contribution < -0.4 is 0 Å². The Kier molecular flexibility index (Phi) is 3.67. The number of hydrogen-bond donors (Lipinski definition) is 2. The Morgan fingerprint density at radius 2 is 1.62 bits per heavy atom. The predicted octanol–water partition coefficient (Wildman–Crippen LogP) is 4.97. The summed E-state index contributed by atoms with van der Waals surface area (Å²) in [4.78, 5) is 5.32. The molecule has 0 atom stereocenters. The van der Waals surface area contributed by atoms with Gasteiger partial charge in [-0.05, 0) is 23.3 Å². The van der Waals surface area contributed by atoms with Crippen molar-refractivity contribution in [3.8, 4) is 21.9 Å². The molecule has 0 fully saturated rings. The predicted molar refractivity (Wildman–Crippen MR) is 97.6 cm³/mol. The van der Waals surface area contributed by atoms with E-state index in [-0.39, 0.29) is 5.75 Å². The minimum atomic E-state index is 0.264. The van der Waals surface area contributed by atoms with Gasteiger partial charge in [0.05, 0.1) is 15.3 Å². The number of nitrogens with zero attached hydrogens (tertiary/aromatic N) is 1. The molecule has 0 aliphatic rings. The molecule has 2 heterocycles. The van der Waals surface area contributed by atoms with E-state index in [1.807, 2.05) is 48.5 Å². The lowest BCUT2D eigenvalue weighted by Crippen LogP contribution is -1.92. The van der Waals surface area contributed by atoms with Crippen LogP contribution in [-0.2, 0) is 6.42 Å². The number of phenolic OH excluding ortho intramolecular Hbond substituents is 1. The van der Waals surface area contributed by atoms with Crippen molar-refractivity contribution in [2.75, 3.05) is 0 Å². The number of thiophene rings is 1. The first kappa shape index (κ1) is 14.7. The van der Waals surface area contributed by atoms with Gasteiger partial charge >= 0.3 is 0 Å². The van der Waals surface area contributed by atoms with Crippen LogP contribution in [0.25, 0.3) is 20.5 Å². The summed E-state index contributed by atoms with van der Waals surface area (Å²) in [7, 11) is 0. The number of aromatic nitrogens is 1. The summed E-state index contributed by atoms with van der Waals surface area (Å²) in [5, 5.41) is 21.4. The fraction of sp³-hybridized carbons (Fsp3) is 0.0500. The minimum absolute atomic E-state index is 0.264. The van der Waals surface area contributed by atoms with E-state index in [9.17, 15) is 10.2 Å². The molecule has 118 valence electrons. The number of aromatic hydroxyl groups is 2. The van der Waals surface area contributed by atoms with Crippen molar-refractivity contribution in [3.05, 3.63) is 78.1 Å². The molecule has 2 N–H and O–H groups in total. The van der Waals surface area contributed by atoms with E-state index in [2.05, 4.69) is 4.98 Å². The van der Waals surface area contributed by atoms with Gasteiger partial charge < -0.3 is 10.2 Å². The highest BCUT2D eigenvalue weighted by molar-refractivity contribution is 7.23. The van der Waals surface area contributed by atoms with Crippen molar-refractivity contribution in [2.24, 2.45) is 0 Å². The van der Waals surface area contributed by atoms with Gasteiger partial charge in [0.25, 0.3) is 0 Å². The maximum Gasteiger partial charge on any atom is 0.142 e. The van der Waals surface area contributed by atoms with Crippen molar-refractivity contribution in [1.82, 2.24) is 4.98 Å². The molecule has 0 amide bonds. The summed E-state index contributed by atoms with van der Waals surface area (Å²) in [5.74, 6) is 0.558. The molecule has 24 heavy (non-hydrogen) atoms. The molecule has 4 aromatic rings. The molecule has 0 spiro atoms. The number of fused-ring (bicyclic) bond motifs is 1. The molecule has 0 radical (unpaired) electrons. The molecule has 0 saturated carbocycles. The highest BCUT2D eigenvalue weighted by Crippen LogP contribution is 2.44. The lowest BCUT2D eigenvalue weighted by molar-refractivity contribution is 0.469. The zero-order valence-electron chi connectivity index (χ0n) is 12.8. The molecule has 3 nitrogen and oxygen atoms in total. The Bertz CT molecular complexity index is 1010. The highest BCUT2D eigenvalue weighted by atomic mass is 32.1. The number of pyridine rings is 1. The van der Waals surface area contributed by atoms with Gasteiger partial charge in [0.1, 0.15) is 11.5 Å². The molecule has 0 bridgehead atoms. The molecular weight excluding hydrogens is 318 g/mol. The first-order chi connectivity index (χ1) is 11.7. The topological polar surface area (TPSA) is 53.4 Å². The normalized spacial score (nSPS) is 11.0. The maximum absolute atomic E-state index is 10.6. The molecule has 2 aromatic carbocycles. The van der Waals surface area contributed by atoms with Gasteiger partial charge in [0.2, 0.25) is 0 Å². The Balaban J connectivity index is 1.85. The molecule has 0 saturated heterocycles. The molecule has 4 rings (SSSR count). The van der Waals surface area contributed by atoms with Crippen LogP contribution in [0.15, 0.2) is 66.9 Å². The van der Waals surface area contributed by atoms with Crippen LogP contribution in [0.1, 0.15) is 11.3 Å². The van der Waals surface area contributed by atoms with Crippen molar-refractivity contribution in [3.63, 3.8) is 0 Å². The van der Waals surface area contributed by atoms with E-state index < -0.39 is 0 Å². The van der Waals surface area contributed by atoms with E-state index in [4.69, 9.17) is 0 Å². The second-order valence-corrected chi connectivity index (χ2v) is 6.61. The van der Waals surface area contributed by atoms with Gasteiger partial charge in [0.15, 0.2) is 0 Å². The molecule has 4 heteroatoms. The van der Waals surface area contributed by atoms with Crippen LogP contribution in [0.5, 0.6) is 11.5 Å². The van der Waals surface area contributed by atoms with E-state index in [0.29, 0.717) is 12.2 Å². The fourth-order valence-electron chi connectivity index (χ4n) is 2.82. The number of phenols is 1. The summed E-state index contributed by atoms with van der Waals surface area (Å²) < 4.78 is 0.956. The van der Waals surface area contributed by atoms with Crippen molar-refractivity contribution in [2.45, 2.75) is 6.42 Å². The number of hydrogen-bond acceptors (Lipinski definition) is 4. The van der Waals surface area contributed by atoms with Crippen molar-refractivity contribution in [1.29, 1.82) is 0 Å². The van der Waals surface area contributed by atoms with E-state index in [1.165, 1.54) is 11.3 Å². The molecule has 2 aromatic heterocycles. The summed E-state index contributed by atoms with van der Waals surface area (Å²) in [6.07, 6.45) is 2.23. The molecular formula is C20H15NO2S. The average Bonchev–Trinajstić information content (AvgIpc) is 2.96. The quantitative estimate of drug-likeness (QED) is 0.557. The first-order valence-corrected chi connectivity index (χ1v) is 8.47. The van der Waals surface area contributed by atoms with E-state index in [1.54, 1.807) is 18.3 Å². The average molecular weight is 333 g/mol. The van der Waals surface area contributed by atoms with Gasteiger partial charge in [-0.2, -0.15) is 0 Å². The molecule has 0 unspecified atom stereocenters. The monoisotopic (exact) mass is 333 g/mol. The SMILES string of the molecule is Oc1ccccc1Cc1nccc2c(O)c(-c3ccccc3)sc12. The first-order valence-electron chi connectivity index (χ1n) is 7.65. The summed E-state index contributed by atoms with van der Waals surface area (Å²) in [6, 6.07) is 19.0. The third-order valence-electron chi connectivity index (χ3n) is 4.04. The van der Waals surface area contributed by atoms with Crippen LogP contribution in [-0.4, -0.2) is 15.2 Å². The second-order valence-electron chi connectivity index (χ2n) is 5.59. The van der Waals surface area contributed by atoms with Gasteiger partial charge in [-0.15, -0.1) is 11.3 Å². The van der Waals surface area contributed by atoms with Crippen molar-refractivity contribution >= 4 is 21.4 Å². The zero-order chi connectivity index (χ0) is 16.5.